The van der Waals surface area contributed by atoms with Crippen molar-refractivity contribution in [3.63, 3.8) is 0 Å². The van der Waals surface area contributed by atoms with Crippen LogP contribution in [0.25, 0.3) is 11.1 Å². The maximum atomic E-state index is 12.7. The standard InChI is InChI=1S/C17H17ClF3NO2S/c1-2-3-10-22-25(23,24)14-7-4-12(5-8-14)13-6-9-15(16(18)11-13)17(19,20)21/h4-9,11,22H,2-3,10H2,1H3. The van der Waals surface area contributed by atoms with Crippen LogP contribution in [0.1, 0.15) is 25.3 Å². The average Bonchev–Trinajstić information content (AvgIpc) is 2.54. The molecule has 0 saturated carbocycles. The summed E-state index contributed by atoms with van der Waals surface area (Å²) in [4.78, 5) is 0.102. The van der Waals surface area contributed by atoms with Crippen LogP contribution < -0.4 is 4.72 Å². The smallest absolute Gasteiger partial charge is 0.211 e. The van der Waals surface area contributed by atoms with Crippen LogP contribution >= 0.6 is 11.6 Å². The quantitative estimate of drug-likeness (QED) is 0.696. The summed E-state index contributed by atoms with van der Waals surface area (Å²) in [6.45, 7) is 2.31. The average molecular weight is 392 g/mol. The number of rotatable bonds is 6. The second kappa shape index (κ2) is 7.76. The largest absolute Gasteiger partial charge is 0.417 e. The second-order valence-electron chi connectivity index (χ2n) is 5.47. The Morgan fingerprint density at radius 3 is 2.16 bits per heavy atom. The highest BCUT2D eigenvalue weighted by molar-refractivity contribution is 7.89. The lowest BCUT2D eigenvalue weighted by Gasteiger charge is -2.11. The first-order valence-corrected chi connectivity index (χ1v) is 9.48. The predicted molar refractivity (Wildman–Crippen MR) is 92.0 cm³/mol. The summed E-state index contributed by atoms with van der Waals surface area (Å²) in [5, 5.41) is -0.400. The fourth-order valence-corrected chi connectivity index (χ4v) is 3.58. The van der Waals surface area contributed by atoms with Gasteiger partial charge >= 0.3 is 6.18 Å². The van der Waals surface area contributed by atoms with E-state index in [1.54, 1.807) is 0 Å². The summed E-state index contributed by atoms with van der Waals surface area (Å²) in [6.07, 6.45) is -2.91. The molecule has 1 N–H and O–H groups in total. The number of halogens is 4. The first-order valence-electron chi connectivity index (χ1n) is 7.62. The molecule has 0 aliphatic heterocycles. The Bertz CT molecular complexity index is 834. The third-order valence-corrected chi connectivity index (χ3v) is 5.38. The summed E-state index contributed by atoms with van der Waals surface area (Å²) in [5.41, 5.74) is 0.140. The number of unbranched alkanes of at least 4 members (excludes halogenated alkanes) is 1. The molecular weight excluding hydrogens is 375 g/mol. The van der Waals surface area contributed by atoms with E-state index in [2.05, 4.69) is 4.72 Å². The van der Waals surface area contributed by atoms with E-state index < -0.39 is 26.8 Å². The van der Waals surface area contributed by atoms with Gasteiger partial charge in [-0.3, -0.25) is 0 Å². The van der Waals surface area contributed by atoms with Crippen molar-refractivity contribution in [1.29, 1.82) is 0 Å². The predicted octanol–water partition coefficient (Wildman–Crippen LogP) is 5.10. The van der Waals surface area contributed by atoms with E-state index in [-0.39, 0.29) is 4.90 Å². The Morgan fingerprint density at radius 2 is 1.64 bits per heavy atom. The Kier molecular flexibility index (Phi) is 6.13. The molecule has 0 spiro atoms. The minimum atomic E-state index is -4.52. The molecule has 0 atom stereocenters. The van der Waals surface area contributed by atoms with Gasteiger partial charge in [-0.15, -0.1) is 0 Å². The Hall–Kier alpha value is -1.57. The molecule has 0 heterocycles. The van der Waals surface area contributed by atoms with Crippen LogP contribution in [0.3, 0.4) is 0 Å². The summed E-state index contributed by atoms with van der Waals surface area (Å²) >= 11 is 5.71. The van der Waals surface area contributed by atoms with E-state index in [9.17, 15) is 21.6 Å². The minimum absolute atomic E-state index is 0.102. The molecule has 2 rings (SSSR count). The minimum Gasteiger partial charge on any atom is -0.211 e. The molecule has 0 unspecified atom stereocenters. The maximum Gasteiger partial charge on any atom is 0.417 e. The molecule has 2 aromatic carbocycles. The molecule has 3 nitrogen and oxygen atoms in total. The number of hydrogen-bond acceptors (Lipinski definition) is 2. The van der Waals surface area contributed by atoms with Gasteiger partial charge in [0.25, 0.3) is 0 Å². The zero-order valence-electron chi connectivity index (χ0n) is 13.4. The zero-order chi connectivity index (χ0) is 18.7. The van der Waals surface area contributed by atoms with Gasteiger partial charge < -0.3 is 0 Å². The Balaban J connectivity index is 2.24. The molecule has 0 saturated heterocycles. The third kappa shape index (κ3) is 4.96. The van der Waals surface area contributed by atoms with E-state index >= 15 is 0 Å². The van der Waals surface area contributed by atoms with Crippen LogP contribution in [0.2, 0.25) is 5.02 Å². The second-order valence-corrected chi connectivity index (χ2v) is 7.64. The van der Waals surface area contributed by atoms with E-state index in [1.807, 2.05) is 6.92 Å². The molecule has 0 aromatic heterocycles. The van der Waals surface area contributed by atoms with Crippen LogP contribution in [0.4, 0.5) is 13.2 Å². The van der Waals surface area contributed by atoms with Gasteiger partial charge in [-0.25, -0.2) is 13.1 Å². The van der Waals surface area contributed by atoms with Crippen molar-refractivity contribution in [2.24, 2.45) is 0 Å². The van der Waals surface area contributed by atoms with Crippen LogP contribution in [0, 0.1) is 0 Å². The van der Waals surface area contributed by atoms with Crippen molar-refractivity contribution in [3.05, 3.63) is 53.1 Å². The number of hydrogen-bond donors (Lipinski definition) is 1. The SMILES string of the molecule is CCCCNS(=O)(=O)c1ccc(-c2ccc(C(F)(F)F)c(Cl)c2)cc1. The monoisotopic (exact) mass is 391 g/mol. The molecule has 25 heavy (non-hydrogen) atoms. The first-order chi connectivity index (χ1) is 11.6. The normalized spacial score (nSPS) is 12.4. The summed E-state index contributed by atoms with van der Waals surface area (Å²) in [6, 6.07) is 9.32. The molecule has 136 valence electrons. The van der Waals surface area contributed by atoms with E-state index in [1.165, 1.54) is 36.4 Å². The lowest BCUT2D eigenvalue weighted by Crippen LogP contribution is -2.24. The van der Waals surface area contributed by atoms with Gasteiger partial charge in [-0.1, -0.05) is 43.1 Å². The van der Waals surface area contributed by atoms with E-state index in [0.29, 0.717) is 17.7 Å². The van der Waals surface area contributed by atoms with Gasteiger partial charge in [0.15, 0.2) is 0 Å². The fourth-order valence-electron chi connectivity index (χ4n) is 2.22. The van der Waals surface area contributed by atoms with Gasteiger partial charge in [0.1, 0.15) is 0 Å². The highest BCUT2D eigenvalue weighted by Gasteiger charge is 2.33. The van der Waals surface area contributed by atoms with Gasteiger partial charge in [0.05, 0.1) is 15.5 Å². The highest BCUT2D eigenvalue weighted by atomic mass is 35.5. The molecule has 2 aromatic rings. The highest BCUT2D eigenvalue weighted by Crippen LogP contribution is 2.36. The Morgan fingerprint density at radius 1 is 1.04 bits per heavy atom. The van der Waals surface area contributed by atoms with Crippen molar-refractivity contribution in [2.45, 2.75) is 30.8 Å². The van der Waals surface area contributed by atoms with Crippen LogP contribution in [-0.2, 0) is 16.2 Å². The Labute approximate surface area is 149 Å². The van der Waals surface area contributed by atoms with Crippen molar-refractivity contribution >= 4 is 21.6 Å². The van der Waals surface area contributed by atoms with E-state index in [0.717, 1.165) is 18.9 Å². The number of nitrogens with one attached hydrogen (secondary N) is 1. The molecule has 0 amide bonds. The molecule has 0 aliphatic carbocycles. The summed E-state index contributed by atoms with van der Waals surface area (Å²) < 4.78 is 64.9. The molecule has 8 heteroatoms. The van der Waals surface area contributed by atoms with Crippen molar-refractivity contribution in [3.8, 4) is 11.1 Å². The lowest BCUT2D eigenvalue weighted by atomic mass is 10.0. The number of sulfonamides is 1. The van der Waals surface area contributed by atoms with Crippen LogP contribution in [-0.4, -0.2) is 15.0 Å². The zero-order valence-corrected chi connectivity index (χ0v) is 15.0. The van der Waals surface area contributed by atoms with Crippen molar-refractivity contribution < 1.29 is 21.6 Å². The van der Waals surface area contributed by atoms with Gasteiger partial charge in [-0.2, -0.15) is 13.2 Å². The summed E-state index contributed by atoms with van der Waals surface area (Å²) in [5.74, 6) is 0. The first kappa shape index (κ1) is 19.8. The number of benzene rings is 2. The molecule has 0 radical (unpaired) electrons. The fraction of sp³-hybridized carbons (Fsp3) is 0.294. The van der Waals surface area contributed by atoms with Crippen molar-refractivity contribution in [1.82, 2.24) is 4.72 Å². The number of alkyl halides is 3. The van der Waals surface area contributed by atoms with Crippen LogP contribution in [0.15, 0.2) is 47.4 Å². The van der Waals surface area contributed by atoms with Gasteiger partial charge in [0, 0.05) is 6.54 Å². The third-order valence-electron chi connectivity index (χ3n) is 3.59. The van der Waals surface area contributed by atoms with E-state index in [4.69, 9.17) is 11.6 Å². The van der Waals surface area contributed by atoms with Crippen LogP contribution in [0.5, 0.6) is 0 Å². The maximum absolute atomic E-state index is 12.7. The lowest BCUT2D eigenvalue weighted by molar-refractivity contribution is -0.137. The molecule has 0 aliphatic rings. The topological polar surface area (TPSA) is 46.2 Å². The molecule has 0 fully saturated rings. The molecule has 0 bridgehead atoms. The van der Waals surface area contributed by atoms with Crippen molar-refractivity contribution in [2.75, 3.05) is 6.54 Å². The molecular formula is C17H17ClF3NO2S. The van der Waals surface area contributed by atoms with Gasteiger partial charge in [-0.05, 0) is 41.8 Å². The summed E-state index contributed by atoms with van der Waals surface area (Å²) in [7, 11) is -3.59. The van der Waals surface area contributed by atoms with Gasteiger partial charge in [0.2, 0.25) is 10.0 Å².